The SMILES string of the molecule is OCC1CCCN1c1cc(NCc2ccc(Oc3cccc(F)c3)nc2)ncn1. The van der Waals surface area contributed by atoms with E-state index in [0.29, 0.717) is 24.0 Å². The Bertz CT molecular complexity index is 954. The highest BCUT2D eigenvalue weighted by molar-refractivity contribution is 5.50. The van der Waals surface area contributed by atoms with Crippen LogP contribution < -0.4 is 15.0 Å². The summed E-state index contributed by atoms with van der Waals surface area (Å²) in [6.45, 7) is 1.55. The minimum absolute atomic E-state index is 0.118. The van der Waals surface area contributed by atoms with E-state index in [9.17, 15) is 9.50 Å². The fourth-order valence-electron chi connectivity index (χ4n) is 3.35. The van der Waals surface area contributed by atoms with Crippen molar-refractivity contribution in [2.75, 3.05) is 23.4 Å². The summed E-state index contributed by atoms with van der Waals surface area (Å²) in [5.41, 5.74) is 0.950. The van der Waals surface area contributed by atoms with Gasteiger partial charge in [0.2, 0.25) is 5.88 Å². The van der Waals surface area contributed by atoms with Crippen molar-refractivity contribution in [2.24, 2.45) is 0 Å². The lowest BCUT2D eigenvalue weighted by Gasteiger charge is -2.24. The molecule has 2 aromatic heterocycles. The average Bonchev–Trinajstić information content (AvgIpc) is 3.22. The minimum Gasteiger partial charge on any atom is -0.439 e. The second-order valence-corrected chi connectivity index (χ2v) is 6.85. The average molecular weight is 395 g/mol. The Labute approximate surface area is 168 Å². The van der Waals surface area contributed by atoms with Gasteiger partial charge in [0, 0.05) is 37.5 Å². The van der Waals surface area contributed by atoms with E-state index >= 15 is 0 Å². The van der Waals surface area contributed by atoms with E-state index in [4.69, 9.17) is 4.74 Å². The molecule has 8 heteroatoms. The van der Waals surface area contributed by atoms with E-state index in [-0.39, 0.29) is 18.5 Å². The molecular formula is C21H22FN5O2. The Morgan fingerprint density at radius 2 is 2.10 bits per heavy atom. The molecule has 1 fully saturated rings. The fraction of sp³-hybridized carbons (Fsp3) is 0.286. The third-order valence-electron chi connectivity index (χ3n) is 4.82. The van der Waals surface area contributed by atoms with Crippen molar-refractivity contribution in [2.45, 2.75) is 25.4 Å². The van der Waals surface area contributed by atoms with Gasteiger partial charge in [0.15, 0.2) is 0 Å². The third kappa shape index (κ3) is 4.78. The van der Waals surface area contributed by atoms with Crippen molar-refractivity contribution >= 4 is 11.6 Å². The van der Waals surface area contributed by atoms with Crippen LogP contribution in [-0.4, -0.2) is 39.3 Å². The number of nitrogens with zero attached hydrogens (tertiary/aromatic N) is 4. The number of nitrogens with one attached hydrogen (secondary N) is 1. The zero-order valence-corrected chi connectivity index (χ0v) is 15.8. The van der Waals surface area contributed by atoms with Crippen LogP contribution in [0.3, 0.4) is 0 Å². The van der Waals surface area contributed by atoms with Gasteiger partial charge in [0.25, 0.3) is 0 Å². The Kier molecular flexibility index (Phi) is 5.81. The number of ether oxygens (including phenoxy) is 1. The normalized spacial score (nSPS) is 16.1. The molecule has 1 aliphatic rings. The molecule has 1 saturated heterocycles. The van der Waals surface area contributed by atoms with Crippen molar-refractivity contribution in [3.8, 4) is 11.6 Å². The van der Waals surface area contributed by atoms with Gasteiger partial charge in [-0.1, -0.05) is 12.1 Å². The van der Waals surface area contributed by atoms with E-state index < -0.39 is 0 Å². The van der Waals surface area contributed by atoms with Crippen LogP contribution >= 0.6 is 0 Å². The first kappa shape index (κ1) is 19.1. The van der Waals surface area contributed by atoms with Crippen molar-refractivity contribution in [1.82, 2.24) is 15.0 Å². The molecule has 4 rings (SSSR count). The molecule has 0 bridgehead atoms. The highest BCUT2D eigenvalue weighted by atomic mass is 19.1. The molecule has 29 heavy (non-hydrogen) atoms. The summed E-state index contributed by atoms with van der Waals surface area (Å²) in [5, 5.41) is 12.8. The maximum absolute atomic E-state index is 13.2. The first-order chi connectivity index (χ1) is 14.2. The first-order valence-corrected chi connectivity index (χ1v) is 9.53. The number of hydrogen-bond donors (Lipinski definition) is 2. The zero-order valence-electron chi connectivity index (χ0n) is 15.8. The molecule has 1 aliphatic heterocycles. The van der Waals surface area contributed by atoms with E-state index in [1.54, 1.807) is 24.4 Å². The van der Waals surface area contributed by atoms with Crippen LogP contribution in [0, 0.1) is 5.82 Å². The van der Waals surface area contributed by atoms with Gasteiger partial charge in [-0.3, -0.25) is 0 Å². The predicted octanol–water partition coefficient (Wildman–Crippen LogP) is 3.38. The van der Waals surface area contributed by atoms with Gasteiger partial charge in [-0.25, -0.2) is 19.3 Å². The standard InChI is InChI=1S/C21H22FN5O2/c22-16-3-1-5-18(9-16)29-21-7-6-15(12-24-21)11-23-19-10-20(26-14-25-19)27-8-2-4-17(27)13-28/h1,3,5-7,9-10,12,14,17,28H,2,4,8,11,13H2,(H,23,25,26). The number of benzene rings is 1. The molecule has 0 saturated carbocycles. The molecule has 7 nitrogen and oxygen atoms in total. The Morgan fingerprint density at radius 1 is 1.17 bits per heavy atom. The van der Waals surface area contributed by atoms with E-state index in [1.165, 1.54) is 18.5 Å². The Hall–Kier alpha value is -3.26. The van der Waals surface area contributed by atoms with Gasteiger partial charge in [0.1, 0.15) is 29.5 Å². The smallest absolute Gasteiger partial charge is 0.219 e. The Balaban J connectivity index is 1.36. The maximum atomic E-state index is 13.2. The van der Waals surface area contributed by atoms with E-state index in [1.807, 2.05) is 12.1 Å². The lowest BCUT2D eigenvalue weighted by molar-refractivity contribution is 0.266. The number of halogens is 1. The molecule has 1 unspecified atom stereocenters. The second kappa shape index (κ2) is 8.83. The van der Waals surface area contributed by atoms with Gasteiger partial charge >= 0.3 is 0 Å². The predicted molar refractivity (Wildman–Crippen MR) is 108 cm³/mol. The van der Waals surface area contributed by atoms with E-state index in [2.05, 4.69) is 25.2 Å². The number of aliphatic hydroxyl groups is 1. The minimum atomic E-state index is -0.355. The van der Waals surface area contributed by atoms with Crippen LogP contribution in [0.4, 0.5) is 16.0 Å². The molecule has 0 aliphatic carbocycles. The molecule has 3 heterocycles. The lowest BCUT2D eigenvalue weighted by Crippen LogP contribution is -2.32. The number of anilines is 2. The van der Waals surface area contributed by atoms with Gasteiger partial charge in [0.05, 0.1) is 12.6 Å². The summed E-state index contributed by atoms with van der Waals surface area (Å²) in [7, 11) is 0. The monoisotopic (exact) mass is 395 g/mol. The fourth-order valence-corrected chi connectivity index (χ4v) is 3.35. The summed E-state index contributed by atoms with van der Waals surface area (Å²) in [6.07, 6.45) is 5.25. The molecule has 0 radical (unpaired) electrons. The molecule has 2 N–H and O–H groups in total. The number of aromatic nitrogens is 3. The largest absolute Gasteiger partial charge is 0.439 e. The molecule has 1 atom stereocenters. The number of aliphatic hydroxyl groups excluding tert-OH is 1. The van der Waals surface area contributed by atoms with Crippen molar-refractivity contribution in [3.63, 3.8) is 0 Å². The van der Waals surface area contributed by atoms with Crippen LogP contribution in [0.25, 0.3) is 0 Å². The quantitative estimate of drug-likeness (QED) is 0.634. The molecule has 0 amide bonds. The van der Waals surface area contributed by atoms with Crippen LogP contribution in [-0.2, 0) is 6.54 Å². The van der Waals surface area contributed by atoms with Crippen LogP contribution in [0.1, 0.15) is 18.4 Å². The van der Waals surface area contributed by atoms with Gasteiger partial charge in [-0.05, 0) is 30.5 Å². The van der Waals surface area contributed by atoms with Gasteiger partial charge in [-0.2, -0.15) is 0 Å². The third-order valence-corrected chi connectivity index (χ3v) is 4.82. The van der Waals surface area contributed by atoms with Crippen molar-refractivity contribution < 1.29 is 14.2 Å². The van der Waals surface area contributed by atoms with Crippen LogP contribution in [0.2, 0.25) is 0 Å². The lowest BCUT2D eigenvalue weighted by atomic mass is 10.2. The zero-order chi connectivity index (χ0) is 20.1. The van der Waals surface area contributed by atoms with Crippen LogP contribution in [0.5, 0.6) is 11.6 Å². The molecular weight excluding hydrogens is 373 g/mol. The summed E-state index contributed by atoms with van der Waals surface area (Å²) in [4.78, 5) is 15.0. The summed E-state index contributed by atoms with van der Waals surface area (Å²) in [6, 6.07) is 11.6. The Morgan fingerprint density at radius 3 is 2.90 bits per heavy atom. The van der Waals surface area contributed by atoms with Crippen LogP contribution in [0.15, 0.2) is 55.0 Å². The van der Waals surface area contributed by atoms with Crippen molar-refractivity contribution in [3.05, 3.63) is 66.4 Å². The van der Waals surface area contributed by atoms with Crippen molar-refractivity contribution in [1.29, 1.82) is 0 Å². The summed E-state index contributed by atoms with van der Waals surface area (Å²) in [5.74, 6) is 1.97. The molecule has 3 aromatic rings. The number of hydrogen-bond acceptors (Lipinski definition) is 7. The second-order valence-electron chi connectivity index (χ2n) is 6.85. The van der Waals surface area contributed by atoms with Gasteiger partial charge in [-0.15, -0.1) is 0 Å². The summed E-state index contributed by atoms with van der Waals surface area (Å²) >= 11 is 0. The molecule has 0 spiro atoms. The number of rotatable bonds is 7. The first-order valence-electron chi connectivity index (χ1n) is 9.53. The van der Waals surface area contributed by atoms with E-state index in [0.717, 1.165) is 30.8 Å². The molecule has 150 valence electrons. The highest BCUT2D eigenvalue weighted by Crippen LogP contribution is 2.25. The number of pyridine rings is 1. The highest BCUT2D eigenvalue weighted by Gasteiger charge is 2.25. The topological polar surface area (TPSA) is 83.4 Å². The van der Waals surface area contributed by atoms with Gasteiger partial charge < -0.3 is 20.1 Å². The molecule has 1 aromatic carbocycles. The summed E-state index contributed by atoms with van der Waals surface area (Å²) < 4.78 is 18.8. The maximum Gasteiger partial charge on any atom is 0.219 e.